The average Bonchev–Trinajstić information content (AvgIpc) is 2.15. The van der Waals surface area contributed by atoms with Crippen molar-refractivity contribution >= 4 is 27.7 Å². The Labute approximate surface area is 90.7 Å². The molecule has 0 saturated carbocycles. The highest BCUT2D eigenvalue weighted by molar-refractivity contribution is 9.09. The molecular formula is C10H10BrNO2. The molecule has 0 aliphatic rings. The number of rotatable bonds is 3. The van der Waals surface area contributed by atoms with Crippen LogP contribution in [0, 0.1) is 17.0 Å². The molecule has 0 aliphatic carbocycles. The minimum Gasteiger partial charge on any atom is -0.258 e. The second-order valence-corrected chi connectivity index (χ2v) is 3.50. The Bertz CT molecular complexity index is 374. The quantitative estimate of drug-likeness (QED) is 0.473. The maximum absolute atomic E-state index is 10.5. The normalized spacial score (nSPS) is 10.7. The van der Waals surface area contributed by atoms with E-state index in [1.54, 1.807) is 12.1 Å². The minimum absolute atomic E-state index is 0.137. The largest absolute Gasteiger partial charge is 0.269 e. The zero-order valence-electron chi connectivity index (χ0n) is 7.74. The van der Waals surface area contributed by atoms with Crippen molar-refractivity contribution in [3.63, 3.8) is 0 Å². The Morgan fingerprint density at radius 1 is 1.57 bits per heavy atom. The van der Waals surface area contributed by atoms with Crippen molar-refractivity contribution < 1.29 is 4.92 Å². The number of nitro benzene ring substituents is 1. The van der Waals surface area contributed by atoms with Gasteiger partial charge in [-0.1, -0.05) is 28.1 Å². The molecule has 74 valence electrons. The fraction of sp³-hybridized carbons (Fsp3) is 0.200. The molecule has 0 heterocycles. The third-order valence-corrected chi connectivity index (χ3v) is 2.22. The van der Waals surface area contributed by atoms with Crippen LogP contribution in [-0.4, -0.2) is 10.3 Å². The minimum atomic E-state index is -0.384. The molecule has 1 aromatic rings. The van der Waals surface area contributed by atoms with Crippen molar-refractivity contribution in [2.75, 3.05) is 5.33 Å². The van der Waals surface area contributed by atoms with Gasteiger partial charge in [-0.2, -0.15) is 0 Å². The molecule has 1 rings (SSSR count). The molecule has 0 radical (unpaired) electrons. The first-order chi connectivity index (χ1) is 6.65. The van der Waals surface area contributed by atoms with Gasteiger partial charge in [0.1, 0.15) is 0 Å². The van der Waals surface area contributed by atoms with Crippen molar-refractivity contribution in [3.8, 4) is 0 Å². The fourth-order valence-electron chi connectivity index (χ4n) is 1.13. The first-order valence-electron chi connectivity index (χ1n) is 4.12. The van der Waals surface area contributed by atoms with Gasteiger partial charge in [-0.3, -0.25) is 10.1 Å². The highest BCUT2D eigenvalue weighted by atomic mass is 79.9. The molecule has 3 nitrogen and oxygen atoms in total. The molecule has 0 N–H and O–H groups in total. The summed E-state index contributed by atoms with van der Waals surface area (Å²) in [6, 6.07) is 4.85. The summed E-state index contributed by atoms with van der Waals surface area (Å²) in [5, 5.41) is 11.2. The molecule has 0 spiro atoms. The Kier molecular flexibility index (Phi) is 3.83. The number of nitro groups is 1. The summed E-state index contributed by atoms with van der Waals surface area (Å²) in [6.45, 7) is 1.86. The first-order valence-corrected chi connectivity index (χ1v) is 5.25. The van der Waals surface area contributed by atoms with Gasteiger partial charge in [-0.05, 0) is 24.1 Å². The van der Waals surface area contributed by atoms with E-state index in [9.17, 15) is 10.1 Å². The van der Waals surface area contributed by atoms with Gasteiger partial charge in [0.15, 0.2) is 0 Å². The fourth-order valence-corrected chi connectivity index (χ4v) is 1.32. The molecular weight excluding hydrogens is 246 g/mol. The molecule has 1 aromatic carbocycles. The molecule has 0 bridgehead atoms. The summed E-state index contributed by atoms with van der Waals surface area (Å²) < 4.78 is 0. The lowest BCUT2D eigenvalue weighted by atomic mass is 10.1. The van der Waals surface area contributed by atoms with Gasteiger partial charge in [0, 0.05) is 17.5 Å². The second-order valence-electron chi connectivity index (χ2n) is 2.85. The molecule has 14 heavy (non-hydrogen) atoms. The molecule has 0 aromatic heterocycles. The summed E-state index contributed by atoms with van der Waals surface area (Å²) >= 11 is 3.27. The van der Waals surface area contributed by atoms with Crippen LogP contribution in [0.2, 0.25) is 0 Å². The number of hydrogen-bond donors (Lipinski definition) is 0. The van der Waals surface area contributed by atoms with Gasteiger partial charge >= 0.3 is 0 Å². The van der Waals surface area contributed by atoms with E-state index >= 15 is 0 Å². The van der Waals surface area contributed by atoms with Crippen molar-refractivity contribution in [3.05, 3.63) is 45.5 Å². The monoisotopic (exact) mass is 255 g/mol. The van der Waals surface area contributed by atoms with Crippen LogP contribution in [0.5, 0.6) is 0 Å². The third kappa shape index (κ3) is 2.67. The smallest absolute Gasteiger partial charge is 0.258 e. The van der Waals surface area contributed by atoms with Crippen molar-refractivity contribution in [2.24, 2.45) is 0 Å². The summed E-state index contributed by atoms with van der Waals surface area (Å²) in [5.74, 6) is 0. The zero-order valence-corrected chi connectivity index (χ0v) is 9.32. The predicted molar refractivity (Wildman–Crippen MR) is 60.7 cm³/mol. The number of hydrogen-bond acceptors (Lipinski definition) is 2. The topological polar surface area (TPSA) is 43.1 Å². The Morgan fingerprint density at radius 2 is 2.29 bits per heavy atom. The van der Waals surface area contributed by atoms with Crippen molar-refractivity contribution in [2.45, 2.75) is 6.92 Å². The van der Waals surface area contributed by atoms with Crippen LogP contribution in [0.1, 0.15) is 11.1 Å². The standard InChI is InChI=1S/C10H10BrNO2/c1-8-7-10(12(13)14)5-4-9(8)3-2-6-11/h2-5,7H,6H2,1H3. The molecule has 0 unspecified atom stereocenters. The van der Waals surface area contributed by atoms with Gasteiger partial charge in [0.2, 0.25) is 0 Å². The van der Waals surface area contributed by atoms with Gasteiger partial charge in [-0.15, -0.1) is 0 Å². The summed E-state index contributed by atoms with van der Waals surface area (Å²) in [6.07, 6.45) is 3.89. The molecule has 4 heteroatoms. The number of alkyl halides is 1. The van der Waals surface area contributed by atoms with Crippen LogP contribution in [0.4, 0.5) is 5.69 Å². The van der Waals surface area contributed by atoms with Crippen LogP contribution >= 0.6 is 15.9 Å². The molecule has 0 atom stereocenters. The van der Waals surface area contributed by atoms with E-state index in [2.05, 4.69) is 15.9 Å². The molecule has 0 saturated heterocycles. The van der Waals surface area contributed by atoms with Crippen LogP contribution in [0.25, 0.3) is 6.08 Å². The summed E-state index contributed by atoms with van der Waals surface area (Å²) in [4.78, 5) is 10.1. The van der Waals surface area contributed by atoms with Gasteiger partial charge in [0.25, 0.3) is 5.69 Å². The third-order valence-electron chi connectivity index (χ3n) is 1.85. The van der Waals surface area contributed by atoms with Gasteiger partial charge in [0.05, 0.1) is 4.92 Å². The average molecular weight is 256 g/mol. The number of benzene rings is 1. The number of halogens is 1. The molecule has 0 fully saturated rings. The second kappa shape index (κ2) is 4.91. The maximum atomic E-state index is 10.5. The Morgan fingerprint density at radius 3 is 2.79 bits per heavy atom. The Balaban J connectivity index is 3.01. The summed E-state index contributed by atoms with van der Waals surface area (Å²) in [5.41, 5.74) is 2.06. The highest BCUT2D eigenvalue weighted by Crippen LogP contribution is 2.18. The highest BCUT2D eigenvalue weighted by Gasteiger charge is 2.05. The zero-order chi connectivity index (χ0) is 10.6. The van der Waals surface area contributed by atoms with E-state index in [0.717, 1.165) is 16.5 Å². The lowest BCUT2D eigenvalue weighted by Gasteiger charge is -1.99. The number of nitrogens with zero attached hydrogens (tertiary/aromatic N) is 1. The van der Waals surface area contributed by atoms with Gasteiger partial charge in [-0.25, -0.2) is 0 Å². The van der Waals surface area contributed by atoms with Gasteiger partial charge < -0.3 is 0 Å². The lowest BCUT2D eigenvalue weighted by Crippen LogP contribution is -1.89. The van der Waals surface area contributed by atoms with Crippen LogP contribution in [-0.2, 0) is 0 Å². The SMILES string of the molecule is Cc1cc([N+](=O)[O-])ccc1C=CCBr. The molecule has 0 aliphatic heterocycles. The Hall–Kier alpha value is -1.16. The van der Waals surface area contributed by atoms with Crippen LogP contribution < -0.4 is 0 Å². The van der Waals surface area contributed by atoms with E-state index < -0.39 is 0 Å². The molecule has 0 amide bonds. The predicted octanol–water partition coefficient (Wildman–Crippen LogP) is 3.31. The summed E-state index contributed by atoms with van der Waals surface area (Å²) in [7, 11) is 0. The number of aryl methyl sites for hydroxylation is 1. The first kappa shape index (κ1) is 10.9. The van der Waals surface area contributed by atoms with Crippen LogP contribution in [0.15, 0.2) is 24.3 Å². The van der Waals surface area contributed by atoms with E-state index in [0.29, 0.717) is 0 Å². The van der Waals surface area contributed by atoms with Crippen molar-refractivity contribution in [1.29, 1.82) is 0 Å². The number of allylic oxidation sites excluding steroid dienone is 1. The van der Waals surface area contributed by atoms with Crippen molar-refractivity contribution in [1.82, 2.24) is 0 Å². The van der Waals surface area contributed by atoms with E-state index in [1.165, 1.54) is 6.07 Å². The lowest BCUT2D eigenvalue weighted by molar-refractivity contribution is -0.384. The van der Waals surface area contributed by atoms with Crippen LogP contribution in [0.3, 0.4) is 0 Å². The van der Waals surface area contributed by atoms with E-state index in [-0.39, 0.29) is 10.6 Å². The van der Waals surface area contributed by atoms with E-state index in [4.69, 9.17) is 0 Å². The van der Waals surface area contributed by atoms with E-state index in [1.807, 2.05) is 19.1 Å². The maximum Gasteiger partial charge on any atom is 0.269 e. The number of non-ortho nitro benzene ring substituents is 1.